The van der Waals surface area contributed by atoms with Gasteiger partial charge in [0, 0.05) is 20.2 Å². The van der Waals surface area contributed by atoms with Gasteiger partial charge >= 0.3 is 12.2 Å². The number of carbonyl (C=O) groups excluding carboxylic acids is 2. The highest BCUT2D eigenvalue weighted by molar-refractivity contribution is 5.85. The molecule has 0 aromatic heterocycles. The Balaban J connectivity index is 3.69. The molecule has 0 saturated heterocycles. The van der Waals surface area contributed by atoms with Gasteiger partial charge in [-0.1, -0.05) is 0 Å². The molecule has 0 spiro atoms. The molecule has 0 aliphatic carbocycles. The molecule has 0 rings (SSSR count). The molecule has 0 radical (unpaired) electrons. The van der Waals surface area contributed by atoms with E-state index >= 15 is 0 Å². The lowest BCUT2D eigenvalue weighted by molar-refractivity contribution is -0.123. The summed E-state index contributed by atoms with van der Waals surface area (Å²) in [5, 5.41) is 16.2. The molecular weight excluding hydrogens is 598 g/mol. The quantitative estimate of drug-likeness (QED) is 0.0780. The van der Waals surface area contributed by atoms with Crippen LogP contribution in [0.2, 0.25) is 0 Å². The number of methoxy groups -OCH3 is 1. The zero-order valence-electron chi connectivity index (χ0n) is 27.6. The van der Waals surface area contributed by atoms with Crippen LogP contribution < -0.4 is 16.0 Å². The van der Waals surface area contributed by atoms with Gasteiger partial charge in [-0.05, 0) is 40.0 Å². The number of rotatable bonds is 31. The number of carbonyl (C=O) groups is 3. The van der Waals surface area contributed by atoms with Crippen LogP contribution in [0, 0.1) is 0 Å². The third-order valence-electron chi connectivity index (χ3n) is 5.41. The van der Waals surface area contributed by atoms with Crippen molar-refractivity contribution in [1.29, 1.82) is 0 Å². The molecule has 3 amide bonds. The number of amides is 3. The Labute approximate surface area is 267 Å². The van der Waals surface area contributed by atoms with Gasteiger partial charge in [0.25, 0.3) is 0 Å². The van der Waals surface area contributed by atoms with Crippen LogP contribution in [-0.4, -0.2) is 154 Å². The number of carboxylic acid groups (broad SMARTS) is 1. The summed E-state index contributed by atoms with van der Waals surface area (Å²) in [6.07, 6.45) is -0.431. The van der Waals surface area contributed by atoms with E-state index in [0.717, 1.165) is 0 Å². The van der Waals surface area contributed by atoms with Crippen LogP contribution in [0.25, 0.3) is 0 Å². The molecule has 0 saturated carbocycles. The molecule has 4 N–H and O–H groups in total. The minimum Gasteiger partial charge on any atom is -0.465 e. The van der Waals surface area contributed by atoms with Crippen LogP contribution in [0.15, 0.2) is 0 Å². The van der Waals surface area contributed by atoms with Gasteiger partial charge in [-0.3, -0.25) is 4.79 Å². The van der Waals surface area contributed by atoms with E-state index in [2.05, 4.69) is 16.0 Å². The highest BCUT2D eigenvalue weighted by atomic mass is 16.6. The standard InChI is InChI=1S/C29H57N3O13/c1-29(2,3)45-28(36)32-25(7-5-6-8-31-27(34)35)26(33)30-9-10-38-13-14-40-17-18-42-21-22-44-24-23-43-20-19-41-16-15-39-12-11-37-4/h25,31H,5-24H2,1-4H3,(H,30,33)(H,32,36)(H,34,35)/t25-/m0/s1. The fourth-order valence-electron chi connectivity index (χ4n) is 3.32. The monoisotopic (exact) mass is 655 g/mol. The number of hydrogen-bond acceptors (Lipinski definition) is 12. The molecule has 1 atom stereocenters. The molecule has 0 unspecified atom stereocenters. The first-order valence-electron chi connectivity index (χ1n) is 15.4. The van der Waals surface area contributed by atoms with Crippen molar-refractivity contribution in [3.05, 3.63) is 0 Å². The smallest absolute Gasteiger partial charge is 0.408 e. The summed E-state index contributed by atoms with van der Waals surface area (Å²) in [5.74, 6) is -0.373. The summed E-state index contributed by atoms with van der Waals surface area (Å²) in [6.45, 7) is 12.6. The first-order valence-corrected chi connectivity index (χ1v) is 15.4. The molecule has 45 heavy (non-hydrogen) atoms. The maximum Gasteiger partial charge on any atom is 0.408 e. The second kappa shape index (κ2) is 30.3. The lowest BCUT2D eigenvalue weighted by Gasteiger charge is -2.23. The molecule has 0 heterocycles. The maximum absolute atomic E-state index is 12.6. The number of unbranched alkanes of at least 4 members (excludes halogenated alkanes) is 1. The second-order valence-electron chi connectivity index (χ2n) is 10.5. The van der Waals surface area contributed by atoms with Crippen molar-refractivity contribution in [2.45, 2.75) is 51.7 Å². The molecule has 266 valence electrons. The minimum absolute atomic E-state index is 0.249. The summed E-state index contributed by atoms with van der Waals surface area (Å²) in [6, 6.07) is -0.820. The van der Waals surface area contributed by atoms with Gasteiger partial charge in [0.2, 0.25) is 5.91 Å². The van der Waals surface area contributed by atoms with Gasteiger partial charge in [-0.25, -0.2) is 9.59 Å². The highest BCUT2D eigenvalue weighted by Crippen LogP contribution is 2.08. The Morgan fingerprint density at radius 2 is 1.02 bits per heavy atom. The zero-order valence-corrected chi connectivity index (χ0v) is 27.6. The second-order valence-corrected chi connectivity index (χ2v) is 10.5. The van der Waals surface area contributed by atoms with Gasteiger partial charge < -0.3 is 63.7 Å². The van der Waals surface area contributed by atoms with E-state index in [0.29, 0.717) is 112 Å². The first-order chi connectivity index (χ1) is 21.7. The average molecular weight is 656 g/mol. The molecule has 16 nitrogen and oxygen atoms in total. The third kappa shape index (κ3) is 32.9. The summed E-state index contributed by atoms with van der Waals surface area (Å²) < 4.78 is 48.1. The third-order valence-corrected chi connectivity index (χ3v) is 5.41. The number of alkyl carbamates (subject to hydrolysis) is 1. The summed E-state index contributed by atoms with van der Waals surface area (Å²) in [4.78, 5) is 35.4. The van der Waals surface area contributed by atoms with Crippen LogP contribution in [0.1, 0.15) is 40.0 Å². The number of hydrogen-bond donors (Lipinski definition) is 4. The van der Waals surface area contributed by atoms with Crippen molar-refractivity contribution in [2.24, 2.45) is 0 Å². The van der Waals surface area contributed by atoms with E-state index in [1.165, 1.54) is 0 Å². The van der Waals surface area contributed by atoms with Crippen LogP contribution in [-0.2, 0) is 47.4 Å². The van der Waals surface area contributed by atoms with Crippen molar-refractivity contribution in [2.75, 3.05) is 119 Å². The van der Waals surface area contributed by atoms with Gasteiger partial charge in [0.05, 0.1) is 99.1 Å². The molecule has 0 aromatic carbocycles. The number of nitrogens with one attached hydrogen (secondary N) is 3. The van der Waals surface area contributed by atoms with E-state index in [-0.39, 0.29) is 25.6 Å². The van der Waals surface area contributed by atoms with Crippen molar-refractivity contribution < 1.29 is 62.1 Å². The highest BCUT2D eigenvalue weighted by Gasteiger charge is 2.24. The van der Waals surface area contributed by atoms with E-state index < -0.39 is 23.8 Å². The Hall–Kier alpha value is -2.31. The Kier molecular flexibility index (Phi) is 28.8. The molecule has 0 bridgehead atoms. The summed E-state index contributed by atoms with van der Waals surface area (Å²) in [7, 11) is 1.63. The van der Waals surface area contributed by atoms with E-state index in [1.807, 2.05) is 0 Å². The molecule has 16 heteroatoms. The molecule has 0 aromatic rings. The lowest BCUT2D eigenvalue weighted by Crippen LogP contribution is -2.48. The minimum atomic E-state index is -1.11. The van der Waals surface area contributed by atoms with Crippen molar-refractivity contribution in [3.63, 3.8) is 0 Å². The van der Waals surface area contributed by atoms with Crippen LogP contribution in [0.4, 0.5) is 9.59 Å². The largest absolute Gasteiger partial charge is 0.465 e. The predicted octanol–water partition coefficient (Wildman–Crippen LogP) is 1.20. The average Bonchev–Trinajstić information content (AvgIpc) is 2.97. The van der Waals surface area contributed by atoms with Gasteiger partial charge in [-0.2, -0.15) is 0 Å². The summed E-state index contributed by atoms with van der Waals surface area (Å²) in [5.41, 5.74) is -0.708. The number of ether oxygens (including phenoxy) is 9. The first kappa shape index (κ1) is 42.7. The lowest BCUT2D eigenvalue weighted by atomic mass is 10.1. The fourth-order valence-corrected chi connectivity index (χ4v) is 3.32. The maximum atomic E-state index is 12.6. The predicted molar refractivity (Wildman–Crippen MR) is 164 cm³/mol. The normalized spacial score (nSPS) is 12.1. The molecule has 0 fully saturated rings. The van der Waals surface area contributed by atoms with E-state index in [9.17, 15) is 14.4 Å². The Bertz CT molecular complexity index is 726. The van der Waals surface area contributed by atoms with Crippen LogP contribution >= 0.6 is 0 Å². The molecule has 0 aliphatic rings. The summed E-state index contributed by atoms with van der Waals surface area (Å²) >= 11 is 0. The van der Waals surface area contributed by atoms with Crippen molar-refractivity contribution in [1.82, 2.24) is 16.0 Å². The molecule has 0 aliphatic heterocycles. The Morgan fingerprint density at radius 3 is 1.42 bits per heavy atom. The fraction of sp³-hybridized carbons (Fsp3) is 0.897. The Morgan fingerprint density at radius 1 is 0.600 bits per heavy atom. The van der Waals surface area contributed by atoms with E-state index in [1.54, 1.807) is 27.9 Å². The SMILES string of the molecule is COCCOCCOCCOCCOCCOCCOCCOCCNC(=O)[C@H](CCCCNC(=O)O)NC(=O)OC(C)(C)C. The van der Waals surface area contributed by atoms with Crippen LogP contribution in [0.3, 0.4) is 0 Å². The van der Waals surface area contributed by atoms with Crippen LogP contribution in [0.5, 0.6) is 0 Å². The molecular formula is C29H57N3O13. The topological polar surface area (TPSA) is 191 Å². The van der Waals surface area contributed by atoms with Crippen molar-refractivity contribution >= 4 is 18.1 Å². The van der Waals surface area contributed by atoms with Crippen molar-refractivity contribution in [3.8, 4) is 0 Å². The van der Waals surface area contributed by atoms with Gasteiger partial charge in [0.15, 0.2) is 0 Å². The van der Waals surface area contributed by atoms with Gasteiger partial charge in [-0.15, -0.1) is 0 Å². The zero-order chi connectivity index (χ0) is 33.4. The van der Waals surface area contributed by atoms with E-state index in [4.69, 9.17) is 47.7 Å². The van der Waals surface area contributed by atoms with Gasteiger partial charge in [0.1, 0.15) is 11.6 Å².